The molecule has 6 atom stereocenters. The van der Waals surface area contributed by atoms with E-state index >= 15 is 0 Å². The van der Waals surface area contributed by atoms with Gasteiger partial charge in [0.25, 0.3) is 0 Å². The van der Waals surface area contributed by atoms with Gasteiger partial charge in [0.15, 0.2) is 0 Å². The molecule has 0 aromatic carbocycles. The fourth-order valence-electron chi connectivity index (χ4n) is 10.9. The van der Waals surface area contributed by atoms with Gasteiger partial charge in [-0.3, -0.25) is 14.4 Å². The predicted octanol–water partition coefficient (Wildman–Crippen LogP) is 7.49. The van der Waals surface area contributed by atoms with Crippen LogP contribution < -0.4 is 0 Å². The van der Waals surface area contributed by atoms with Crippen LogP contribution in [0.5, 0.6) is 0 Å². The Kier molecular flexibility index (Phi) is 10.5. The quantitative estimate of drug-likeness (QED) is 0.0991. The van der Waals surface area contributed by atoms with Crippen molar-refractivity contribution >= 4 is 23.9 Å². The topological polar surface area (TPSA) is 125 Å². The Morgan fingerprint density at radius 1 is 0.800 bits per heavy atom. The molecule has 1 N–H and O–H groups in total. The molecule has 1 aliphatic heterocycles. The van der Waals surface area contributed by atoms with E-state index in [2.05, 4.69) is 6.92 Å². The van der Waals surface area contributed by atoms with E-state index in [1.165, 1.54) is 12.8 Å². The molecule has 7 rings (SSSR count). The minimum absolute atomic E-state index is 0.191. The number of ether oxygens (including phenoxy) is 4. The predicted molar refractivity (Wildman–Crippen MR) is 186 cm³/mol. The molecule has 9 heteroatoms. The summed E-state index contributed by atoms with van der Waals surface area (Å²) in [5.74, 6) is 1.81. The molecule has 0 aromatic heterocycles. The monoisotopic (exact) mass is 700 g/mol. The average molecular weight is 701 g/mol. The highest BCUT2D eigenvalue weighted by atomic mass is 16.6. The first kappa shape index (κ1) is 37.6. The van der Waals surface area contributed by atoms with Crippen LogP contribution in [0.25, 0.3) is 0 Å². The van der Waals surface area contributed by atoms with Crippen molar-refractivity contribution in [3.05, 3.63) is 0 Å². The number of rotatable bonds is 16. The highest BCUT2D eigenvalue weighted by Gasteiger charge is 2.58. The number of hydrogen-bond donors (Lipinski definition) is 1. The third kappa shape index (κ3) is 7.37. The largest absolute Gasteiger partial charge is 0.465 e. The summed E-state index contributed by atoms with van der Waals surface area (Å²) in [5.41, 5.74) is -3.80. The van der Waals surface area contributed by atoms with Crippen LogP contribution in [0.4, 0.5) is 0 Å². The molecule has 9 nitrogen and oxygen atoms in total. The van der Waals surface area contributed by atoms with E-state index in [1.807, 2.05) is 34.6 Å². The molecule has 6 aliphatic carbocycles. The van der Waals surface area contributed by atoms with E-state index in [0.29, 0.717) is 75.0 Å². The molecule has 7 fully saturated rings. The number of cyclic esters (lactones) is 1. The summed E-state index contributed by atoms with van der Waals surface area (Å²) in [7, 11) is 0. The maximum Gasteiger partial charge on any atom is 0.347 e. The van der Waals surface area contributed by atoms with Crippen LogP contribution in [0, 0.1) is 51.8 Å². The third-order valence-corrected chi connectivity index (χ3v) is 15.0. The molecule has 1 heterocycles. The maximum atomic E-state index is 14.1. The normalized spacial score (nSPS) is 38.0. The van der Waals surface area contributed by atoms with Crippen LogP contribution in [0.3, 0.4) is 0 Å². The van der Waals surface area contributed by atoms with Crippen molar-refractivity contribution in [2.45, 2.75) is 168 Å². The second-order valence-electron chi connectivity index (χ2n) is 19.0. The van der Waals surface area contributed by atoms with Gasteiger partial charge >= 0.3 is 23.9 Å². The second-order valence-corrected chi connectivity index (χ2v) is 19.0. The highest BCUT2D eigenvalue weighted by Crippen LogP contribution is 2.60. The molecule has 0 radical (unpaired) electrons. The smallest absolute Gasteiger partial charge is 0.347 e. The first-order chi connectivity index (χ1) is 23.5. The highest BCUT2D eigenvalue weighted by molar-refractivity contribution is 5.83. The fourth-order valence-corrected chi connectivity index (χ4v) is 10.9. The molecular formula is C41H64O9. The minimum Gasteiger partial charge on any atom is -0.465 e. The molecule has 1 saturated heterocycles. The minimum atomic E-state index is -1.06. The lowest BCUT2D eigenvalue weighted by Crippen LogP contribution is -2.58. The molecule has 50 heavy (non-hydrogen) atoms. The lowest BCUT2D eigenvalue weighted by Gasteiger charge is -2.59. The molecule has 7 aliphatic rings. The Labute approximate surface area is 299 Å². The third-order valence-electron chi connectivity index (χ3n) is 15.0. The lowest BCUT2D eigenvalue weighted by molar-refractivity contribution is -0.212. The number of carbonyl (C=O) groups is 4. The summed E-state index contributed by atoms with van der Waals surface area (Å²) in [6.07, 6.45) is 12.8. The van der Waals surface area contributed by atoms with Crippen molar-refractivity contribution in [2.75, 3.05) is 13.2 Å². The Morgan fingerprint density at radius 3 is 1.98 bits per heavy atom. The zero-order valence-electron chi connectivity index (χ0n) is 31.7. The van der Waals surface area contributed by atoms with Crippen LogP contribution in [-0.4, -0.2) is 59.5 Å². The summed E-state index contributed by atoms with van der Waals surface area (Å²) in [5, 5.41) is 11.1. The van der Waals surface area contributed by atoms with Crippen LogP contribution >= 0.6 is 0 Å². The van der Waals surface area contributed by atoms with E-state index in [1.54, 1.807) is 0 Å². The maximum absolute atomic E-state index is 14.1. The summed E-state index contributed by atoms with van der Waals surface area (Å²) in [6, 6.07) is 0. The van der Waals surface area contributed by atoms with Gasteiger partial charge in [-0.1, -0.05) is 6.92 Å². The van der Waals surface area contributed by atoms with Crippen molar-refractivity contribution in [3.8, 4) is 0 Å². The van der Waals surface area contributed by atoms with Gasteiger partial charge in [0.2, 0.25) is 6.10 Å². The van der Waals surface area contributed by atoms with Gasteiger partial charge < -0.3 is 24.1 Å². The van der Waals surface area contributed by atoms with Crippen molar-refractivity contribution in [1.29, 1.82) is 0 Å². The zero-order valence-corrected chi connectivity index (χ0v) is 31.7. The number of carbonyl (C=O) groups excluding carboxylic acids is 4. The summed E-state index contributed by atoms with van der Waals surface area (Å²) < 4.78 is 23.1. The van der Waals surface area contributed by atoms with Gasteiger partial charge in [0, 0.05) is 6.42 Å². The van der Waals surface area contributed by atoms with Crippen molar-refractivity contribution < 1.29 is 43.2 Å². The molecule has 0 spiro atoms. The lowest BCUT2D eigenvalue weighted by atomic mass is 9.50. The van der Waals surface area contributed by atoms with Gasteiger partial charge in [0.1, 0.15) is 5.60 Å². The van der Waals surface area contributed by atoms with E-state index in [9.17, 15) is 24.3 Å². The zero-order chi connectivity index (χ0) is 36.1. The second kappa shape index (κ2) is 14.0. The summed E-state index contributed by atoms with van der Waals surface area (Å²) >= 11 is 0. The molecule has 282 valence electrons. The van der Waals surface area contributed by atoms with Gasteiger partial charge in [-0.05, 0) is 173 Å². The molecule has 6 saturated carbocycles. The summed E-state index contributed by atoms with van der Waals surface area (Å²) in [4.78, 5) is 53.6. The van der Waals surface area contributed by atoms with Gasteiger partial charge in [-0.2, -0.15) is 0 Å². The first-order valence-electron chi connectivity index (χ1n) is 20.0. The number of aliphatic hydroxyl groups is 1. The van der Waals surface area contributed by atoms with Gasteiger partial charge in [-0.15, -0.1) is 0 Å². The Balaban J connectivity index is 1.07. The van der Waals surface area contributed by atoms with Gasteiger partial charge in [-0.25, -0.2) is 4.79 Å². The standard InChI is InChI=1S/C41H64O9/c1-7-38(4,36(45)50-40(6)30-21-27-19-28(23-30)24-31(40)22-27)15-16-39(5,35(44)49-32-11-18-47-33(32)42)14-13-37(2,3)34(43)48-17-8-12-41(46)25-26-9-10-29(41)20-26/h26-32,46H,7-25H2,1-6H3. The molecule has 0 amide bonds. The number of esters is 4. The van der Waals surface area contributed by atoms with Crippen LogP contribution in [0.2, 0.25) is 0 Å². The Morgan fingerprint density at radius 2 is 1.42 bits per heavy atom. The molecule has 0 aromatic rings. The first-order valence-corrected chi connectivity index (χ1v) is 20.0. The average Bonchev–Trinajstić information content (AvgIpc) is 3.79. The van der Waals surface area contributed by atoms with E-state index in [0.717, 1.165) is 56.8 Å². The van der Waals surface area contributed by atoms with Crippen LogP contribution in [0.1, 0.15) is 151 Å². The van der Waals surface area contributed by atoms with E-state index < -0.39 is 45.5 Å². The molecule has 6 bridgehead atoms. The van der Waals surface area contributed by atoms with Crippen LogP contribution in [-0.2, 0) is 38.1 Å². The van der Waals surface area contributed by atoms with Crippen LogP contribution in [0.15, 0.2) is 0 Å². The molecule has 6 unspecified atom stereocenters. The van der Waals surface area contributed by atoms with Crippen molar-refractivity contribution in [3.63, 3.8) is 0 Å². The number of hydrogen-bond acceptors (Lipinski definition) is 9. The number of fused-ring (bicyclic) bond motifs is 2. The Hall–Kier alpha value is -2.16. The van der Waals surface area contributed by atoms with Gasteiger partial charge in [0.05, 0.1) is 35.1 Å². The fraction of sp³-hybridized carbons (Fsp3) is 0.902. The SMILES string of the molecule is CCC(C)(CCC(C)(CCC(C)(C)C(=O)OCCCC1(O)CC2CCC1C2)C(=O)OC1CCOC1=O)C(=O)OC1(C)C2CC3CC(C2)CC1C3. The van der Waals surface area contributed by atoms with Crippen molar-refractivity contribution in [1.82, 2.24) is 0 Å². The van der Waals surface area contributed by atoms with Crippen molar-refractivity contribution in [2.24, 2.45) is 51.8 Å². The Bertz CT molecular complexity index is 1280. The molecular weight excluding hydrogens is 636 g/mol. The van der Waals surface area contributed by atoms with E-state index in [4.69, 9.17) is 18.9 Å². The van der Waals surface area contributed by atoms with E-state index in [-0.39, 0.29) is 25.2 Å². The summed E-state index contributed by atoms with van der Waals surface area (Å²) in [6.45, 7) is 12.1.